The molecule has 0 unspecified atom stereocenters. The molecule has 1 aromatic carbocycles. The molecule has 0 heterocycles. The van der Waals surface area contributed by atoms with E-state index in [2.05, 4.69) is 8.37 Å². The summed E-state index contributed by atoms with van der Waals surface area (Å²) in [5, 5.41) is 0. The van der Waals surface area contributed by atoms with Crippen LogP contribution in [0.25, 0.3) is 0 Å². The largest absolute Gasteiger partial charge is 0.537 e. The van der Waals surface area contributed by atoms with Crippen LogP contribution in [0.15, 0.2) is 29.2 Å². The molecule has 0 atom stereocenters. The van der Waals surface area contributed by atoms with E-state index in [1.807, 2.05) is 0 Å². The number of hydrogen-bond donors (Lipinski definition) is 0. The Hall–Kier alpha value is -1.17. The van der Waals surface area contributed by atoms with Crippen molar-refractivity contribution >= 4 is 20.2 Å². The molecule has 20 heavy (non-hydrogen) atoms. The molecule has 114 valence electrons. The third kappa shape index (κ3) is 5.45. The van der Waals surface area contributed by atoms with E-state index < -0.39 is 32.5 Å². The van der Waals surface area contributed by atoms with Crippen molar-refractivity contribution in [1.29, 1.82) is 0 Å². The first-order chi connectivity index (χ1) is 8.91. The highest BCUT2D eigenvalue weighted by Gasteiger charge is 2.37. The van der Waals surface area contributed by atoms with Gasteiger partial charge in [-0.05, 0) is 19.1 Å². The van der Waals surface area contributed by atoms with E-state index in [9.17, 15) is 30.0 Å². The summed E-state index contributed by atoms with van der Waals surface area (Å²) in [6.45, 7) is 1.68. The van der Waals surface area contributed by atoms with Gasteiger partial charge in [-0.2, -0.15) is 21.0 Å². The van der Waals surface area contributed by atoms with Crippen molar-refractivity contribution in [3.63, 3.8) is 0 Å². The Morgan fingerprint density at radius 2 is 1.55 bits per heavy atom. The summed E-state index contributed by atoms with van der Waals surface area (Å²) < 4.78 is 86.7. The zero-order chi connectivity index (χ0) is 15.6. The molecule has 1 aromatic rings. The predicted molar refractivity (Wildman–Crippen MR) is 60.4 cm³/mol. The lowest BCUT2D eigenvalue weighted by atomic mass is 10.2. The van der Waals surface area contributed by atoms with Crippen molar-refractivity contribution in [3.8, 4) is 0 Å². The van der Waals surface area contributed by atoms with E-state index in [1.54, 1.807) is 6.92 Å². The SMILES string of the molecule is Cc1ccc(S(=O)(=O)OCS(=O)(=O)OC(F)(F)F)cc1. The maximum Gasteiger partial charge on any atom is 0.537 e. The number of alkyl halides is 3. The van der Waals surface area contributed by atoms with Crippen LogP contribution < -0.4 is 0 Å². The average Bonchev–Trinajstić information content (AvgIpc) is 2.24. The predicted octanol–water partition coefficient (Wildman–Crippen LogP) is 1.52. The topological polar surface area (TPSA) is 86.7 Å². The fourth-order valence-corrected chi connectivity index (χ4v) is 2.98. The van der Waals surface area contributed by atoms with Gasteiger partial charge in [0.1, 0.15) is 0 Å². The van der Waals surface area contributed by atoms with Crippen LogP contribution >= 0.6 is 0 Å². The molecular weight excluding hydrogens is 325 g/mol. The first kappa shape index (κ1) is 16.9. The van der Waals surface area contributed by atoms with Crippen LogP contribution in [0.3, 0.4) is 0 Å². The summed E-state index contributed by atoms with van der Waals surface area (Å²) in [6, 6.07) is 5.08. The summed E-state index contributed by atoms with van der Waals surface area (Å²) in [5.41, 5.74) is 0.733. The van der Waals surface area contributed by atoms with Crippen LogP contribution in [0.5, 0.6) is 0 Å². The lowest BCUT2D eigenvalue weighted by Gasteiger charge is -2.09. The quantitative estimate of drug-likeness (QED) is 0.759. The minimum atomic E-state index is -5.45. The smallest absolute Gasteiger partial charge is 0.247 e. The molecule has 1 rings (SSSR count). The van der Waals surface area contributed by atoms with Gasteiger partial charge in [0, 0.05) is 0 Å². The van der Waals surface area contributed by atoms with Gasteiger partial charge in [0.15, 0.2) is 5.94 Å². The lowest BCUT2D eigenvalue weighted by Crippen LogP contribution is -2.24. The molecule has 0 N–H and O–H groups in total. The van der Waals surface area contributed by atoms with Gasteiger partial charge < -0.3 is 0 Å². The summed E-state index contributed by atoms with van der Waals surface area (Å²) in [7, 11) is -9.71. The number of benzene rings is 1. The molecule has 0 saturated heterocycles. The van der Waals surface area contributed by atoms with Crippen LogP contribution in [0.4, 0.5) is 13.2 Å². The summed E-state index contributed by atoms with van der Waals surface area (Å²) in [4.78, 5) is -0.384. The van der Waals surface area contributed by atoms with E-state index >= 15 is 0 Å². The van der Waals surface area contributed by atoms with Gasteiger partial charge in [-0.25, -0.2) is 4.18 Å². The van der Waals surface area contributed by atoms with Crippen LogP contribution in [0, 0.1) is 6.92 Å². The number of rotatable bonds is 5. The summed E-state index contributed by atoms with van der Waals surface area (Å²) >= 11 is 0. The van der Waals surface area contributed by atoms with Crippen LogP contribution in [0.2, 0.25) is 0 Å². The van der Waals surface area contributed by atoms with Crippen molar-refractivity contribution in [2.24, 2.45) is 0 Å². The third-order valence-electron chi connectivity index (χ3n) is 1.88. The highest BCUT2D eigenvalue weighted by atomic mass is 32.2. The van der Waals surface area contributed by atoms with Gasteiger partial charge in [-0.15, -0.1) is 13.2 Å². The monoisotopic (exact) mass is 334 g/mol. The van der Waals surface area contributed by atoms with Gasteiger partial charge in [0.05, 0.1) is 4.90 Å². The van der Waals surface area contributed by atoms with Crippen LogP contribution in [0.1, 0.15) is 5.56 Å². The van der Waals surface area contributed by atoms with Crippen LogP contribution in [-0.4, -0.2) is 29.1 Å². The lowest BCUT2D eigenvalue weighted by molar-refractivity contribution is -0.272. The molecule has 0 amide bonds. The van der Waals surface area contributed by atoms with E-state index in [0.717, 1.165) is 17.7 Å². The van der Waals surface area contributed by atoms with Crippen molar-refractivity contribution in [2.45, 2.75) is 18.2 Å². The van der Waals surface area contributed by atoms with Gasteiger partial charge in [0.25, 0.3) is 20.2 Å². The summed E-state index contributed by atoms with van der Waals surface area (Å²) in [5.74, 6) is -1.78. The second-order valence-corrected chi connectivity index (χ2v) is 6.72. The molecule has 0 bridgehead atoms. The molecule has 0 aliphatic heterocycles. The van der Waals surface area contributed by atoms with Crippen molar-refractivity contribution in [3.05, 3.63) is 29.8 Å². The van der Waals surface area contributed by atoms with Crippen molar-refractivity contribution in [1.82, 2.24) is 0 Å². The number of halogens is 3. The number of aryl methyl sites for hydroxylation is 1. The Balaban J connectivity index is 2.81. The fourth-order valence-electron chi connectivity index (χ4n) is 1.06. The molecule has 0 spiro atoms. The van der Waals surface area contributed by atoms with Gasteiger partial charge in [-0.1, -0.05) is 17.7 Å². The molecule has 11 heteroatoms. The maximum absolute atomic E-state index is 11.7. The first-order valence-corrected chi connectivity index (χ1v) is 7.86. The van der Waals surface area contributed by atoms with Crippen LogP contribution in [-0.2, 0) is 28.6 Å². The Morgan fingerprint density at radius 1 is 1.05 bits per heavy atom. The minimum Gasteiger partial charge on any atom is -0.247 e. The summed E-state index contributed by atoms with van der Waals surface area (Å²) in [6.07, 6.45) is -5.45. The Morgan fingerprint density at radius 3 is 2.00 bits per heavy atom. The molecule has 0 aliphatic rings. The van der Waals surface area contributed by atoms with E-state index in [1.165, 1.54) is 12.1 Å². The molecule has 0 fully saturated rings. The average molecular weight is 334 g/mol. The third-order valence-corrected chi connectivity index (χ3v) is 4.16. The van der Waals surface area contributed by atoms with E-state index in [-0.39, 0.29) is 4.90 Å². The maximum atomic E-state index is 11.7. The standard InChI is InChI=1S/C9H9F3O6S2/c1-7-2-4-8(5-3-7)20(15,16)17-6-19(13,14)18-9(10,11)12/h2-5H,6H2,1H3. The Labute approximate surface area is 113 Å². The molecule has 6 nitrogen and oxygen atoms in total. The van der Waals surface area contributed by atoms with E-state index in [0.29, 0.717) is 0 Å². The first-order valence-electron chi connectivity index (χ1n) is 4.87. The minimum absolute atomic E-state index is 0.384. The normalized spacial score (nSPS) is 13.4. The van der Waals surface area contributed by atoms with Crippen molar-refractivity contribution < 1.29 is 38.4 Å². The van der Waals surface area contributed by atoms with Gasteiger partial charge >= 0.3 is 6.36 Å². The molecule has 0 radical (unpaired) electrons. The zero-order valence-electron chi connectivity index (χ0n) is 9.92. The fraction of sp³-hybridized carbons (Fsp3) is 0.333. The van der Waals surface area contributed by atoms with E-state index in [4.69, 9.17) is 0 Å². The second kappa shape index (κ2) is 5.68. The second-order valence-electron chi connectivity index (χ2n) is 3.59. The van der Waals surface area contributed by atoms with Gasteiger partial charge in [0.2, 0.25) is 0 Å². The zero-order valence-corrected chi connectivity index (χ0v) is 11.5. The molecule has 0 aromatic heterocycles. The highest BCUT2D eigenvalue weighted by Crippen LogP contribution is 2.21. The molecular formula is C9H9F3O6S2. The Kier molecular flexibility index (Phi) is 4.79. The molecule has 0 saturated carbocycles. The highest BCUT2D eigenvalue weighted by molar-refractivity contribution is 7.89. The number of hydrogen-bond acceptors (Lipinski definition) is 6. The van der Waals surface area contributed by atoms with Gasteiger partial charge in [-0.3, -0.25) is 0 Å². The Bertz CT molecular complexity index is 661. The van der Waals surface area contributed by atoms with Crippen molar-refractivity contribution in [2.75, 3.05) is 5.94 Å². The molecule has 0 aliphatic carbocycles.